The van der Waals surface area contributed by atoms with Crippen LogP contribution in [0, 0.1) is 5.82 Å². The third-order valence-electron chi connectivity index (χ3n) is 3.32. The van der Waals surface area contributed by atoms with E-state index in [1.54, 1.807) is 14.0 Å². The summed E-state index contributed by atoms with van der Waals surface area (Å²) in [5.41, 5.74) is 0.579. The first-order chi connectivity index (χ1) is 9.89. The maximum Gasteiger partial charge on any atom is 0.123 e. The highest BCUT2D eigenvalue weighted by Gasteiger charge is 2.23. The van der Waals surface area contributed by atoms with Gasteiger partial charge in [-0.15, -0.1) is 0 Å². The molecule has 0 fully saturated rings. The van der Waals surface area contributed by atoms with E-state index in [1.165, 1.54) is 18.2 Å². The van der Waals surface area contributed by atoms with Crippen molar-refractivity contribution in [1.29, 1.82) is 0 Å². The molecule has 0 amide bonds. The zero-order valence-electron chi connectivity index (χ0n) is 12.1. The average molecular weight is 309 g/mol. The number of rotatable bonds is 5. The van der Waals surface area contributed by atoms with Gasteiger partial charge in [-0.05, 0) is 48.4 Å². The minimum absolute atomic E-state index is 0.287. The number of benzene rings is 2. The van der Waals surface area contributed by atoms with Gasteiger partial charge in [0.05, 0.1) is 12.7 Å². The molecule has 0 bridgehead atoms. The van der Waals surface area contributed by atoms with Crippen LogP contribution in [0.3, 0.4) is 0 Å². The second-order valence-electron chi connectivity index (χ2n) is 5.43. The Hall–Kier alpha value is -1.58. The fourth-order valence-electron chi connectivity index (χ4n) is 2.33. The molecule has 0 saturated heterocycles. The SMILES string of the molecule is COc1ccc(CC(C)(O)Cc2cc(F)ccc2Cl)cc1. The summed E-state index contributed by atoms with van der Waals surface area (Å²) in [7, 11) is 1.61. The van der Waals surface area contributed by atoms with Gasteiger partial charge in [0.2, 0.25) is 0 Å². The summed E-state index contributed by atoms with van der Waals surface area (Å²) in [4.78, 5) is 0. The molecule has 1 N–H and O–H groups in total. The highest BCUT2D eigenvalue weighted by atomic mass is 35.5. The van der Waals surface area contributed by atoms with Gasteiger partial charge >= 0.3 is 0 Å². The maximum absolute atomic E-state index is 13.3. The minimum atomic E-state index is -1.01. The lowest BCUT2D eigenvalue weighted by atomic mass is 9.90. The Morgan fingerprint density at radius 3 is 2.43 bits per heavy atom. The summed E-state index contributed by atoms with van der Waals surface area (Å²) in [6, 6.07) is 11.7. The normalized spacial score (nSPS) is 13.8. The highest BCUT2D eigenvalue weighted by molar-refractivity contribution is 6.31. The fourth-order valence-corrected chi connectivity index (χ4v) is 2.52. The minimum Gasteiger partial charge on any atom is -0.497 e. The molecule has 0 aliphatic carbocycles. The van der Waals surface area contributed by atoms with E-state index in [0.29, 0.717) is 17.0 Å². The van der Waals surface area contributed by atoms with Crippen LogP contribution in [0.2, 0.25) is 5.02 Å². The van der Waals surface area contributed by atoms with Crippen LogP contribution in [0.1, 0.15) is 18.1 Å². The first-order valence-electron chi connectivity index (χ1n) is 6.69. The van der Waals surface area contributed by atoms with Crippen LogP contribution in [0.25, 0.3) is 0 Å². The van der Waals surface area contributed by atoms with Crippen LogP contribution in [0.5, 0.6) is 5.75 Å². The third kappa shape index (κ3) is 4.45. The lowest BCUT2D eigenvalue weighted by Crippen LogP contribution is -2.30. The van der Waals surface area contributed by atoms with Crippen molar-refractivity contribution in [3.63, 3.8) is 0 Å². The largest absolute Gasteiger partial charge is 0.497 e. The second-order valence-corrected chi connectivity index (χ2v) is 5.84. The molecule has 2 aromatic rings. The van der Waals surface area contributed by atoms with Gasteiger partial charge in [-0.3, -0.25) is 0 Å². The molecule has 1 unspecified atom stereocenters. The Morgan fingerprint density at radius 1 is 1.14 bits per heavy atom. The van der Waals surface area contributed by atoms with Crippen molar-refractivity contribution in [2.75, 3.05) is 7.11 Å². The van der Waals surface area contributed by atoms with Crippen molar-refractivity contribution >= 4 is 11.6 Å². The fraction of sp³-hybridized carbons (Fsp3) is 0.294. The molecule has 0 aliphatic heterocycles. The number of aliphatic hydroxyl groups is 1. The van der Waals surface area contributed by atoms with Crippen molar-refractivity contribution in [3.8, 4) is 5.75 Å². The average Bonchev–Trinajstić information content (AvgIpc) is 2.43. The molecular weight excluding hydrogens is 291 g/mol. The predicted octanol–water partition coefficient (Wildman–Crippen LogP) is 4.02. The van der Waals surface area contributed by atoms with Gasteiger partial charge in [0.1, 0.15) is 11.6 Å². The van der Waals surface area contributed by atoms with Crippen LogP contribution in [0.4, 0.5) is 4.39 Å². The highest BCUT2D eigenvalue weighted by Crippen LogP contribution is 2.25. The van der Waals surface area contributed by atoms with Gasteiger partial charge in [-0.25, -0.2) is 4.39 Å². The van der Waals surface area contributed by atoms with Crippen LogP contribution in [-0.4, -0.2) is 17.8 Å². The van der Waals surface area contributed by atoms with E-state index >= 15 is 0 Å². The summed E-state index contributed by atoms with van der Waals surface area (Å²) < 4.78 is 18.4. The number of halogens is 2. The molecule has 0 spiro atoms. The van der Waals surface area contributed by atoms with Crippen LogP contribution in [-0.2, 0) is 12.8 Å². The van der Waals surface area contributed by atoms with Crippen LogP contribution in [0.15, 0.2) is 42.5 Å². The Bertz CT molecular complexity index is 609. The van der Waals surface area contributed by atoms with E-state index in [4.69, 9.17) is 16.3 Å². The van der Waals surface area contributed by atoms with Gasteiger partial charge in [-0.2, -0.15) is 0 Å². The predicted molar refractivity (Wildman–Crippen MR) is 82.4 cm³/mol. The molecule has 1 atom stereocenters. The molecule has 112 valence electrons. The lowest BCUT2D eigenvalue weighted by Gasteiger charge is -2.24. The van der Waals surface area contributed by atoms with Crippen LogP contribution < -0.4 is 4.74 Å². The summed E-state index contributed by atoms with van der Waals surface area (Å²) in [5.74, 6) is 0.418. The van der Waals surface area contributed by atoms with Crippen molar-refractivity contribution in [1.82, 2.24) is 0 Å². The monoisotopic (exact) mass is 308 g/mol. The molecule has 0 heterocycles. The third-order valence-corrected chi connectivity index (χ3v) is 3.69. The van der Waals surface area contributed by atoms with Crippen molar-refractivity contribution in [2.45, 2.75) is 25.4 Å². The van der Waals surface area contributed by atoms with Gasteiger partial charge in [-0.1, -0.05) is 23.7 Å². The Balaban J connectivity index is 2.11. The van der Waals surface area contributed by atoms with E-state index in [0.717, 1.165) is 11.3 Å². The Labute approximate surface area is 129 Å². The molecule has 2 rings (SSSR count). The second kappa shape index (κ2) is 6.46. The number of hydrogen-bond donors (Lipinski definition) is 1. The molecule has 0 saturated carbocycles. The molecule has 4 heteroatoms. The number of ether oxygens (including phenoxy) is 1. The quantitative estimate of drug-likeness (QED) is 0.904. The summed E-state index contributed by atoms with van der Waals surface area (Å²) in [5, 5.41) is 11.0. The smallest absolute Gasteiger partial charge is 0.123 e. The van der Waals surface area contributed by atoms with Gasteiger partial charge in [0.25, 0.3) is 0 Å². The Kier molecular flexibility index (Phi) is 4.86. The zero-order chi connectivity index (χ0) is 15.5. The van der Waals surface area contributed by atoms with Crippen molar-refractivity contribution < 1.29 is 14.2 Å². The molecule has 0 aromatic heterocycles. The molecule has 2 aromatic carbocycles. The maximum atomic E-state index is 13.3. The van der Waals surface area contributed by atoms with Crippen molar-refractivity contribution in [2.24, 2.45) is 0 Å². The Morgan fingerprint density at radius 2 is 1.81 bits per heavy atom. The molecule has 0 radical (unpaired) electrons. The topological polar surface area (TPSA) is 29.5 Å². The number of methoxy groups -OCH3 is 1. The first-order valence-corrected chi connectivity index (χ1v) is 7.07. The van der Waals surface area contributed by atoms with Gasteiger partial charge < -0.3 is 9.84 Å². The first kappa shape index (κ1) is 15.8. The van der Waals surface area contributed by atoms with E-state index < -0.39 is 5.60 Å². The van der Waals surface area contributed by atoms with Crippen LogP contribution >= 0.6 is 11.6 Å². The summed E-state index contributed by atoms with van der Waals surface area (Å²) >= 11 is 6.05. The van der Waals surface area contributed by atoms with Gasteiger partial charge in [0.15, 0.2) is 0 Å². The van der Waals surface area contributed by atoms with E-state index in [9.17, 15) is 9.50 Å². The zero-order valence-corrected chi connectivity index (χ0v) is 12.8. The van der Waals surface area contributed by atoms with E-state index in [2.05, 4.69) is 0 Å². The van der Waals surface area contributed by atoms with E-state index in [-0.39, 0.29) is 12.2 Å². The summed E-state index contributed by atoms with van der Waals surface area (Å²) in [6.07, 6.45) is 0.736. The lowest BCUT2D eigenvalue weighted by molar-refractivity contribution is 0.0608. The van der Waals surface area contributed by atoms with Gasteiger partial charge in [0, 0.05) is 17.9 Å². The summed E-state index contributed by atoms with van der Waals surface area (Å²) in [6.45, 7) is 1.72. The molecule has 0 aliphatic rings. The van der Waals surface area contributed by atoms with E-state index in [1.807, 2.05) is 24.3 Å². The molecule has 2 nitrogen and oxygen atoms in total. The number of hydrogen-bond acceptors (Lipinski definition) is 2. The molecule has 21 heavy (non-hydrogen) atoms. The van der Waals surface area contributed by atoms with Crippen molar-refractivity contribution in [3.05, 3.63) is 64.4 Å². The molecular formula is C17H18ClFO2. The standard InChI is InChI=1S/C17H18ClFO2/c1-17(20,10-12-3-6-15(21-2)7-4-12)11-13-9-14(19)5-8-16(13)18/h3-9,20H,10-11H2,1-2H3.